The molecule has 0 aromatic rings. The van der Waals surface area contributed by atoms with E-state index in [0.29, 0.717) is 0 Å². The first-order valence-electron chi connectivity index (χ1n) is 1.32. The summed E-state index contributed by atoms with van der Waals surface area (Å²) in [5, 5.41) is 0. The monoisotopic (exact) mass is 272 g/mol. The van der Waals surface area contributed by atoms with E-state index in [1.54, 1.807) is 0 Å². The molecule has 0 aromatic heterocycles. The van der Waals surface area contributed by atoms with Gasteiger partial charge in [-0.25, -0.2) is 0 Å². The van der Waals surface area contributed by atoms with Gasteiger partial charge in [0.15, 0.2) is 0 Å². The Bertz CT molecular complexity index is 21.0. The van der Waals surface area contributed by atoms with Gasteiger partial charge in [-0.3, -0.25) is 0 Å². The van der Waals surface area contributed by atoms with Crippen molar-refractivity contribution in [2.75, 3.05) is 0 Å². The first kappa shape index (κ1) is 6.03. The van der Waals surface area contributed by atoms with E-state index in [9.17, 15) is 0 Å². The van der Waals surface area contributed by atoms with Crippen molar-refractivity contribution in [2.24, 2.45) is 0 Å². The Morgan fingerprint density at radius 2 is 1.00 bits per heavy atom. The van der Waals surface area contributed by atoms with Gasteiger partial charge in [0.25, 0.3) is 0 Å². The van der Waals surface area contributed by atoms with Crippen LogP contribution in [0.1, 0.15) is 0 Å². The van der Waals surface area contributed by atoms with Gasteiger partial charge in [-0.05, 0) is 0 Å². The third-order valence-electron chi connectivity index (χ3n) is 0.287. The summed E-state index contributed by atoms with van der Waals surface area (Å²) in [4.78, 5) is 0. The molecular weight excluding hydrogens is 270 g/mol. The van der Waals surface area contributed by atoms with Crippen LogP contribution in [0.3, 0.4) is 0 Å². The van der Waals surface area contributed by atoms with Crippen LogP contribution >= 0.6 is 0 Å². The van der Waals surface area contributed by atoms with Crippen molar-refractivity contribution in [3.63, 3.8) is 0 Å². The second-order valence-corrected chi connectivity index (χ2v) is 28.6. The zero-order valence-corrected chi connectivity index (χ0v) is 10.2. The van der Waals surface area contributed by atoms with Crippen molar-refractivity contribution in [2.45, 2.75) is 0 Å². The van der Waals surface area contributed by atoms with E-state index in [-0.39, 0.29) is 0 Å². The SMILES string of the molecule is [Si]1[Si][Se][Si][Si][Se]1. The molecule has 1 heterocycles. The standard InChI is InChI=1S/Se2Si4/c1-3-5-2-6-4-1. The number of hydrogen-bond donors (Lipinski definition) is 0. The average molecular weight is 270 g/mol. The van der Waals surface area contributed by atoms with E-state index >= 15 is 0 Å². The Labute approximate surface area is 57.6 Å². The van der Waals surface area contributed by atoms with E-state index in [1.165, 1.54) is 30.6 Å². The molecule has 1 aliphatic heterocycles. The van der Waals surface area contributed by atoms with Crippen LogP contribution in [0.2, 0.25) is 0 Å². The maximum atomic E-state index is 1.44. The van der Waals surface area contributed by atoms with Crippen molar-refractivity contribution in [3.05, 3.63) is 0 Å². The van der Waals surface area contributed by atoms with Crippen molar-refractivity contribution in [3.8, 4) is 0 Å². The Balaban J connectivity index is 2.00. The number of hydrogen-bond acceptors (Lipinski definition) is 0. The van der Waals surface area contributed by atoms with Gasteiger partial charge in [0, 0.05) is 0 Å². The quantitative estimate of drug-likeness (QED) is 0.435. The van der Waals surface area contributed by atoms with Crippen molar-refractivity contribution >= 4 is 57.9 Å². The second kappa shape index (κ2) is 3.85. The van der Waals surface area contributed by atoms with Crippen LogP contribution in [-0.2, 0) is 0 Å². The molecule has 6 heteroatoms. The summed E-state index contributed by atoms with van der Waals surface area (Å²) in [6, 6.07) is 0. The van der Waals surface area contributed by atoms with E-state index in [0.717, 1.165) is 27.4 Å². The molecule has 1 saturated heterocycles. The molecule has 0 unspecified atom stereocenters. The minimum atomic E-state index is 1.15. The van der Waals surface area contributed by atoms with E-state index < -0.39 is 0 Å². The Hall–Kier alpha value is 1.91. The third kappa shape index (κ3) is 2.27. The molecule has 0 bridgehead atoms. The summed E-state index contributed by atoms with van der Waals surface area (Å²) < 4.78 is 0. The van der Waals surface area contributed by atoms with Crippen LogP contribution in [0.4, 0.5) is 0 Å². The molecule has 1 fully saturated rings. The molecular formula is Se2Si4. The maximum absolute atomic E-state index is 1.44. The molecule has 6 heavy (non-hydrogen) atoms. The van der Waals surface area contributed by atoms with Crippen molar-refractivity contribution in [1.29, 1.82) is 0 Å². The predicted molar refractivity (Wildman–Crippen MR) is 34.5 cm³/mol. The molecule has 0 aliphatic carbocycles. The molecule has 0 nitrogen and oxygen atoms in total. The van der Waals surface area contributed by atoms with Crippen molar-refractivity contribution < 1.29 is 0 Å². The fourth-order valence-electron chi connectivity index (χ4n) is 0.134. The molecule has 0 amide bonds. The van der Waals surface area contributed by atoms with Crippen LogP contribution in [0.25, 0.3) is 0 Å². The summed E-state index contributed by atoms with van der Waals surface area (Å²) in [6.07, 6.45) is 0. The zero-order valence-electron chi connectivity index (χ0n) is 2.82. The summed E-state index contributed by atoms with van der Waals surface area (Å²) >= 11 is 2.30. The minimum absolute atomic E-state index is 1.15. The predicted octanol–water partition coefficient (Wildman–Crippen LogP) is -2.28. The molecule has 1 aliphatic rings. The van der Waals surface area contributed by atoms with E-state index in [2.05, 4.69) is 0 Å². The summed E-state index contributed by atoms with van der Waals surface area (Å²) in [5.74, 6) is 0. The van der Waals surface area contributed by atoms with Gasteiger partial charge in [-0.15, -0.1) is 0 Å². The van der Waals surface area contributed by atoms with Gasteiger partial charge in [0.2, 0.25) is 0 Å². The summed E-state index contributed by atoms with van der Waals surface area (Å²) in [7, 11) is 5.76. The normalized spacial score (nSPS) is 24.0. The Morgan fingerprint density at radius 3 is 1.17 bits per heavy atom. The van der Waals surface area contributed by atoms with Crippen molar-refractivity contribution in [1.82, 2.24) is 0 Å². The van der Waals surface area contributed by atoms with E-state index in [1.807, 2.05) is 0 Å². The topological polar surface area (TPSA) is 0 Å². The second-order valence-electron chi connectivity index (χ2n) is 0.612. The molecule has 0 saturated carbocycles. The molecule has 0 atom stereocenters. The molecule has 8 radical (unpaired) electrons. The van der Waals surface area contributed by atoms with Crippen LogP contribution in [0, 0.1) is 0 Å². The van der Waals surface area contributed by atoms with E-state index in [4.69, 9.17) is 0 Å². The summed E-state index contributed by atoms with van der Waals surface area (Å²) in [5.41, 5.74) is 0. The van der Waals surface area contributed by atoms with Gasteiger partial charge in [0.05, 0.1) is 0 Å². The molecule has 0 spiro atoms. The Morgan fingerprint density at radius 1 is 0.667 bits per heavy atom. The van der Waals surface area contributed by atoms with Gasteiger partial charge in [-0.2, -0.15) is 0 Å². The summed E-state index contributed by atoms with van der Waals surface area (Å²) in [6.45, 7) is 0. The van der Waals surface area contributed by atoms with Crippen LogP contribution < -0.4 is 0 Å². The first-order chi connectivity index (χ1) is 3.00. The van der Waals surface area contributed by atoms with Gasteiger partial charge < -0.3 is 0 Å². The third-order valence-corrected chi connectivity index (χ3v) is 48.9. The molecule has 1 rings (SSSR count). The molecule has 0 N–H and O–H groups in total. The van der Waals surface area contributed by atoms with Crippen LogP contribution in [0.15, 0.2) is 0 Å². The fraction of sp³-hybridized carbons (Fsp3) is 0. The fourth-order valence-corrected chi connectivity index (χ4v) is 82.2. The zero-order chi connectivity index (χ0) is 4.24. The molecule has 28 valence electrons. The Kier molecular flexibility index (Phi) is 3.88. The van der Waals surface area contributed by atoms with Gasteiger partial charge in [-0.1, -0.05) is 0 Å². The van der Waals surface area contributed by atoms with Crippen LogP contribution in [0.5, 0.6) is 0 Å². The number of rotatable bonds is 0. The molecule has 0 aromatic carbocycles. The van der Waals surface area contributed by atoms with Gasteiger partial charge >= 0.3 is 57.9 Å². The van der Waals surface area contributed by atoms with Crippen LogP contribution in [-0.4, -0.2) is 57.9 Å². The first-order valence-corrected chi connectivity index (χ1v) is 17.2. The van der Waals surface area contributed by atoms with Gasteiger partial charge in [0.1, 0.15) is 0 Å². The average Bonchev–Trinajstić information content (AvgIpc) is 1.72.